The van der Waals surface area contributed by atoms with Gasteiger partial charge < -0.3 is 4.74 Å². The highest BCUT2D eigenvalue weighted by Gasteiger charge is 2.24. The normalized spacial score (nSPS) is 15.2. The van der Waals surface area contributed by atoms with Crippen molar-refractivity contribution in [1.29, 1.82) is 0 Å². The van der Waals surface area contributed by atoms with Crippen LogP contribution in [0.5, 0.6) is 0 Å². The number of fused-ring (bicyclic) bond motifs is 2. The van der Waals surface area contributed by atoms with E-state index in [1.807, 2.05) is 54.6 Å². The number of rotatable bonds is 2. The van der Waals surface area contributed by atoms with Crippen LogP contribution in [0.3, 0.4) is 0 Å². The topological polar surface area (TPSA) is 38.7 Å². The molecule has 0 saturated heterocycles. The van der Waals surface area contributed by atoms with Gasteiger partial charge in [0.05, 0.1) is 0 Å². The molecule has 0 atom stereocenters. The average Bonchev–Trinajstić information content (AvgIpc) is 3.10. The van der Waals surface area contributed by atoms with Gasteiger partial charge in [-0.15, -0.1) is 0 Å². The van der Waals surface area contributed by atoms with E-state index in [1.54, 1.807) is 6.08 Å². The van der Waals surface area contributed by atoms with Gasteiger partial charge in [0.15, 0.2) is 5.70 Å². The lowest BCUT2D eigenvalue weighted by atomic mass is 10.00. The Bertz CT molecular complexity index is 1310. The first kappa shape index (κ1) is 16.5. The third kappa shape index (κ3) is 2.78. The lowest BCUT2D eigenvalue weighted by molar-refractivity contribution is -0.129. The largest absolute Gasteiger partial charge is 0.402 e. The molecule has 0 fully saturated rings. The number of cyclic esters (lactones) is 1. The molecule has 4 aromatic rings. The third-order valence-electron chi connectivity index (χ3n) is 5.08. The van der Waals surface area contributed by atoms with E-state index in [2.05, 4.69) is 36.2 Å². The Labute approximate surface area is 162 Å². The summed E-state index contributed by atoms with van der Waals surface area (Å²) in [6.07, 6.45) is 1.80. The van der Waals surface area contributed by atoms with Crippen LogP contribution in [0, 0.1) is 6.92 Å². The minimum Gasteiger partial charge on any atom is -0.402 e. The molecule has 3 nitrogen and oxygen atoms in total. The van der Waals surface area contributed by atoms with Crippen LogP contribution in [0.1, 0.15) is 16.7 Å². The van der Waals surface area contributed by atoms with Crippen LogP contribution < -0.4 is 0 Å². The summed E-state index contributed by atoms with van der Waals surface area (Å²) < 4.78 is 5.46. The first-order valence-corrected chi connectivity index (χ1v) is 9.19. The summed E-state index contributed by atoms with van der Waals surface area (Å²) in [5, 5.41) is 4.48. The molecular weight excluding hydrogens is 346 g/mol. The number of ether oxygens (including phenoxy) is 1. The smallest absolute Gasteiger partial charge is 0.363 e. The predicted octanol–water partition coefficient (Wildman–Crippen LogP) is 5.65. The van der Waals surface area contributed by atoms with Gasteiger partial charge in [-0.05, 0) is 57.8 Å². The summed E-state index contributed by atoms with van der Waals surface area (Å²) in [6, 6.07) is 26.2. The summed E-state index contributed by atoms with van der Waals surface area (Å²) in [6.45, 7) is 2.08. The number of benzene rings is 4. The maximum Gasteiger partial charge on any atom is 0.363 e. The van der Waals surface area contributed by atoms with Crippen LogP contribution in [-0.2, 0) is 9.53 Å². The number of esters is 1. The third-order valence-corrected chi connectivity index (χ3v) is 5.08. The van der Waals surface area contributed by atoms with Gasteiger partial charge in [-0.1, -0.05) is 66.7 Å². The van der Waals surface area contributed by atoms with E-state index >= 15 is 0 Å². The van der Waals surface area contributed by atoms with E-state index in [0.29, 0.717) is 11.6 Å². The molecule has 1 aliphatic heterocycles. The summed E-state index contributed by atoms with van der Waals surface area (Å²) >= 11 is 0. The number of carbonyl (C=O) groups is 1. The highest BCUT2D eigenvalue weighted by atomic mass is 16.6. The molecular formula is C25H17NO2. The zero-order chi connectivity index (χ0) is 19.1. The number of hydrogen-bond acceptors (Lipinski definition) is 3. The van der Waals surface area contributed by atoms with E-state index < -0.39 is 5.97 Å². The summed E-state index contributed by atoms with van der Waals surface area (Å²) in [5.41, 5.74) is 3.27. The first-order chi connectivity index (χ1) is 13.7. The minimum atomic E-state index is -0.423. The minimum absolute atomic E-state index is 0.317. The van der Waals surface area contributed by atoms with Crippen LogP contribution in [0.2, 0.25) is 0 Å². The Morgan fingerprint density at radius 1 is 0.821 bits per heavy atom. The molecule has 0 spiro atoms. The van der Waals surface area contributed by atoms with Gasteiger partial charge in [-0.2, -0.15) is 0 Å². The first-order valence-electron chi connectivity index (χ1n) is 9.19. The van der Waals surface area contributed by atoms with Gasteiger partial charge in [0, 0.05) is 5.56 Å². The standard InChI is InChI=1S/C25H17NO2/c1-16-10-11-19(22-9-5-4-8-21(16)22)15-23-25(27)28-24(26-23)20-13-12-17-6-2-3-7-18(17)14-20/h2-15H,1H3/b23-15+. The molecule has 0 N–H and O–H groups in total. The zero-order valence-electron chi connectivity index (χ0n) is 15.3. The van der Waals surface area contributed by atoms with Gasteiger partial charge in [0.25, 0.3) is 0 Å². The molecule has 1 aliphatic rings. The lowest BCUT2D eigenvalue weighted by Gasteiger charge is -2.05. The molecule has 0 unspecified atom stereocenters. The highest BCUT2D eigenvalue weighted by Crippen LogP contribution is 2.27. The molecule has 1 heterocycles. The quantitative estimate of drug-likeness (QED) is 0.341. The Morgan fingerprint density at radius 2 is 1.57 bits per heavy atom. The van der Waals surface area contributed by atoms with Gasteiger partial charge in [0.2, 0.25) is 5.90 Å². The summed E-state index contributed by atoms with van der Waals surface area (Å²) in [5.74, 6) is -0.0776. The van der Waals surface area contributed by atoms with Crippen LogP contribution in [0.4, 0.5) is 0 Å². The summed E-state index contributed by atoms with van der Waals surface area (Å²) in [4.78, 5) is 16.9. The van der Waals surface area contributed by atoms with Gasteiger partial charge in [-0.3, -0.25) is 0 Å². The van der Waals surface area contributed by atoms with Crippen molar-refractivity contribution in [3.63, 3.8) is 0 Å². The van der Waals surface area contributed by atoms with Crippen LogP contribution in [0.15, 0.2) is 89.6 Å². The SMILES string of the molecule is Cc1ccc(/C=C2/N=C(c3ccc4ccccc4c3)OC2=O)c2ccccc12. The maximum absolute atomic E-state index is 12.4. The average molecular weight is 363 g/mol. The van der Waals surface area contributed by atoms with E-state index in [0.717, 1.165) is 27.3 Å². The molecule has 4 aromatic carbocycles. The molecule has 134 valence electrons. The molecule has 5 rings (SSSR count). The molecule has 0 saturated carbocycles. The van der Waals surface area contributed by atoms with Crippen molar-refractivity contribution in [2.75, 3.05) is 0 Å². The highest BCUT2D eigenvalue weighted by molar-refractivity contribution is 6.14. The molecule has 0 aliphatic carbocycles. The van der Waals surface area contributed by atoms with Gasteiger partial charge in [0.1, 0.15) is 0 Å². The van der Waals surface area contributed by atoms with Crippen molar-refractivity contribution in [3.8, 4) is 0 Å². The van der Waals surface area contributed by atoms with Crippen molar-refractivity contribution in [3.05, 3.63) is 101 Å². The fourth-order valence-corrected chi connectivity index (χ4v) is 3.60. The predicted molar refractivity (Wildman–Crippen MR) is 113 cm³/mol. The Balaban J connectivity index is 1.58. The van der Waals surface area contributed by atoms with E-state index in [1.165, 1.54) is 10.9 Å². The van der Waals surface area contributed by atoms with E-state index in [4.69, 9.17) is 4.74 Å². The Kier molecular flexibility index (Phi) is 3.80. The van der Waals surface area contributed by atoms with E-state index in [9.17, 15) is 4.79 Å². The molecule has 28 heavy (non-hydrogen) atoms. The lowest BCUT2D eigenvalue weighted by Crippen LogP contribution is -2.05. The fraction of sp³-hybridized carbons (Fsp3) is 0.0400. The summed E-state index contributed by atoms with van der Waals surface area (Å²) in [7, 11) is 0. The van der Waals surface area contributed by atoms with Crippen LogP contribution >= 0.6 is 0 Å². The van der Waals surface area contributed by atoms with Crippen molar-refractivity contribution in [2.45, 2.75) is 6.92 Å². The van der Waals surface area contributed by atoms with Crippen molar-refractivity contribution < 1.29 is 9.53 Å². The van der Waals surface area contributed by atoms with Gasteiger partial charge in [-0.25, -0.2) is 9.79 Å². The molecule has 0 radical (unpaired) electrons. The number of aliphatic imine (C=N–C) groups is 1. The second kappa shape index (κ2) is 6.46. The second-order valence-electron chi connectivity index (χ2n) is 6.92. The Hall–Kier alpha value is -3.72. The van der Waals surface area contributed by atoms with E-state index in [-0.39, 0.29) is 0 Å². The number of nitrogens with zero attached hydrogens (tertiary/aromatic N) is 1. The monoisotopic (exact) mass is 363 g/mol. The fourth-order valence-electron chi connectivity index (χ4n) is 3.60. The van der Waals surface area contributed by atoms with Crippen molar-refractivity contribution in [2.24, 2.45) is 4.99 Å². The number of hydrogen-bond donors (Lipinski definition) is 0. The van der Waals surface area contributed by atoms with Crippen molar-refractivity contribution in [1.82, 2.24) is 0 Å². The second-order valence-corrected chi connectivity index (χ2v) is 6.92. The molecule has 0 aromatic heterocycles. The van der Waals surface area contributed by atoms with Crippen molar-refractivity contribution >= 4 is 39.5 Å². The van der Waals surface area contributed by atoms with Gasteiger partial charge >= 0.3 is 5.97 Å². The zero-order valence-corrected chi connectivity index (χ0v) is 15.3. The van der Waals surface area contributed by atoms with Crippen LogP contribution in [-0.4, -0.2) is 11.9 Å². The molecule has 0 bridgehead atoms. The molecule has 0 amide bonds. The number of aryl methyl sites for hydroxylation is 1. The maximum atomic E-state index is 12.4. The van der Waals surface area contributed by atoms with Crippen LogP contribution in [0.25, 0.3) is 27.6 Å². The number of carbonyl (C=O) groups excluding carboxylic acids is 1. The Morgan fingerprint density at radius 3 is 2.43 bits per heavy atom. The molecule has 3 heteroatoms.